The molecule has 10 rings (SSSR count). The Morgan fingerprint density at radius 2 is 1.05 bits per heavy atom. The topological polar surface area (TPSA) is 673 Å². The maximum Gasteiger partial charge on any atom is 0.317 e. The summed E-state index contributed by atoms with van der Waals surface area (Å²) in [6.07, 6.45) is -0.774. The van der Waals surface area contributed by atoms with Crippen LogP contribution in [0, 0.1) is 11.3 Å². The Balaban J connectivity index is 1.02. The van der Waals surface area contributed by atoms with Crippen LogP contribution >= 0.6 is 21.6 Å². The summed E-state index contributed by atoms with van der Waals surface area (Å²) in [5.74, 6) is -21.7. The molecule has 4 saturated heterocycles. The first-order chi connectivity index (χ1) is 69.4. The number of hydrogen-bond donors (Lipinski definition) is 21. The van der Waals surface area contributed by atoms with Crippen molar-refractivity contribution in [2.45, 2.75) is 203 Å². The fourth-order valence-electron chi connectivity index (χ4n) is 18.3. The Kier molecular flexibility index (Phi) is 43.3. The minimum Gasteiger partial charge on any atom is -0.481 e. The molecule has 6 heterocycles. The number of rotatable bonds is 38. The van der Waals surface area contributed by atoms with Gasteiger partial charge in [-0.05, 0) is 129 Å². The highest BCUT2D eigenvalue weighted by Crippen LogP contribution is 2.30. The molecular formula is C98H136N22O24S2. The standard InChI is InChI=1S/C98H136N22O24S2/c1-56(121)85(114-92(139)71(105-57(2)122)43-62-48-103-66-20-11-9-18-64(62)66)97(144)115(6)78(47-98(3,4)5)95(142)113-76-55-146-145-54-75(94(141)111-74(96(143)120-31-15-23-77(120)86(100)133)44-63-49-104-67-21-12-10-19-65(63)67)112-91(138)73(46-81(125)126)110-87(134)68(22-13-14-28-102-80(124)50-116-32-34-117(51-82(127)128)36-38-119(53-84(131)132)39-37-118(35-33-116)52-83(129)130)106-88(135)70(42-59-24-25-60-16-7-8-17-61(60)40-59)107-90(137)72(45-79(99)123)109-89(136)69(108-93(76)140)41-58-26-29-101-30-27-58/h7-12,16-21,24-25,40,48-49,56,58,68-78,85,101,103-104,121H,13-15,22-23,26-39,41-47,50-55H2,1-6H3,(H2,99,123)(H2,100,133)(H,102,124)(H,105,122)(H,106,135)(H,107,137)(H,108,140)(H,109,136)(H,110,134)(H,111,141)(H,112,138)(H,113,142)(H,114,139)(H,125,126)(H,127,128)(H,129,130)(H,131,132)/t56-,68+,69+,70+,71+,72+,73+,74+,75+,76+,77+,78+,85+/m1/s1. The van der Waals surface area contributed by atoms with E-state index in [9.17, 15) is 68.7 Å². The molecule has 46 nitrogen and oxygen atoms in total. The van der Waals surface area contributed by atoms with Crippen LogP contribution in [0.1, 0.15) is 122 Å². The van der Waals surface area contributed by atoms with Gasteiger partial charge >= 0.3 is 23.9 Å². The number of likely N-dealkylation sites (N-methyl/N-ethyl adjacent to an activating group) is 1. The van der Waals surface area contributed by atoms with Gasteiger partial charge in [0.1, 0.15) is 72.5 Å². The molecule has 4 aromatic carbocycles. The van der Waals surface area contributed by atoms with Gasteiger partial charge in [0, 0.05) is 144 Å². The number of nitrogens with two attached hydrogens (primary N) is 2. The largest absolute Gasteiger partial charge is 0.481 e. The number of likely N-dealkylation sites (tertiary alicyclic amines) is 1. The maximum absolute atomic E-state index is 15.9. The molecule has 0 spiro atoms. The molecule has 4 aliphatic heterocycles. The number of aliphatic hydroxyl groups excluding tert-OH is 1. The summed E-state index contributed by atoms with van der Waals surface area (Å²) in [5.41, 5.74) is 13.8. The van der Waals surface area contributed by atoms with Crippen LogP contribution in [0.4, 0.5) is 0 Å². The minimum atomic E-state index is -2.18. The highest BCUT2D eigenvalue weighted by atomic mass is 33.1. The summed E-state index contributed by atoms with van der Waals surface area (Å²) < 4.78 is 0. The summed E-state index contributed by atoms with van der Waals surface area (Å²) in [6, 6.07) is 5.87. The molecule has 0 bridgehead atoms. The van der Waals surface area contributed by atoms with Crippen molar-refractivity contribution in [3.63, 3.8) is 0 Å². The Hall–Kier alpha value is -13.4. The van der Waals surface area contributed by atoms with Crippen molar-refractivity contribution < 1.29 is 117 Å². The molecule has 0 radical (unpaired) electrons. The van der Waals surface area contributed by atoms with E-state index in [0.717, 1.165) is 42.8 Å². The number of carboxylic acid groups (broad SMARTS) is 4. The number of benzene rings is 4. The van der Waals surface area contributed by atoms with Crippen LogP contribution in [0.3, 0.4) is 0 Å². The number of piperidine rings is 1. The van der Waals surface area contributed by atoms with Crippen LogP contribution in [0.25, 0.3) is 32.6 Å². The van der Waals surface area contributed by atoms with E-state index in [4.69, 9.17) is 11.5 Å². The number of aromatic amines is 2. The average molecular weight is 2070 g/mol. The zero-order valence-electron chi connectivity index (χ0n) is 82.7. The van der Waals surface area contributed by atoms with Gasteiger partial charge in [0.2, 0.25) is 88.6 Å². The van der Waals surface area contributed by atoms with Gasteiger partial charge in [-0.2, -0.15) is 0 Å². The van der Waals surface area contributed by atoms with Crippen LogP contribution in [0.5, 0.6) is 0 Å². The molecule has 15 amide bonds. The predicted octanol–water partition coefficient (Wildman–Crippen LogP) is -2.28. The predicted molar refractivity (Wildman–Crippen MR) is 540 cm³/mol. The molecule has 4 fully saturated rings. The van der Waals surface area contributed by atoms with Crippen LogP contribution < -0.4 is 75.3 Å². The molecule has 0 unspecified atom stereocenters. The zero-order chi connectivity index (χ0) is 106. The average Bonchev–Trinajstić information content (AvgIpc) is 1.55. The Labute approximate surface area is 851 Å². The van der Waals surface area contributed by atoms with Gasteiger partial charge in [-0.15, -0.1) is 0 Å². The van der Waals surface area contributed by atoms with Gasteiger partial charge in [0.15, 0.2) is 0 Å². The normalized spacial score (nSPS) is 21.5. The summed E-state index contributed by atoms with van der Waals surface area (Å²) >= 11 is 0. The van der Waals surface area contributed by atoms with Gasteiger partial charge in [-0.25, -0.2) is 0 Å². The van der Waals surface area contributed by atoms with Gasteiger partial charge in [0.05, 0.1) is 45.1 Å². The molecule has 2 aromatic heterocycles. The van der Waals surface area contributed by atoms with Crippen molar-refractivity contribution in [3.8, 4) is 0 Å². The summed E-state index contributed by atoms with van der Waals surface area (Å²) in [7, 11) is 2.79. The molecule has 146 heavy (non-hydrogen) atoms. The van der Waals surface area contributed by atoms with Crippen LogP contribution in [0.2, 0.25) is 0 Å². The number of amides is 15. The number of unbranched alkanes of at least 4 members (excludes halogenated alkanes) is 1. The van der Waals surface area contributed by atoms with E-state index < -0.39 is 253 Å². The van der Waals surface area contributed by atoms with E-state index in [2.05, 4.69) is 73.8 Å². The quantitative estimate of drug-likeness (QED) is 0.0143. The molecule has 4 aliphatic rings. The molecule has 13 atom stereocenters. The molecular weight excluding hydrogens is 1930 g/mol. The number of fused-ring (bicyclic) bond motifs is 3. The second-order valence-electron chi connectivity index (χ2n) is 38.7. The van der Waals surface area contributed by atoms with Crippen molar-refractivity contribution in [1.82, 2.24) is 103 Å². The van der Waals surface area contributed by atoms with Gasteiger partial charge in [-0.3, -0.25) is 111 Å². The second kappa shape index (κ2) is 55.2. The molecule has 6 aromatic rings. The van der Waals surface area contributed by atoms with Crippen molar-refractivity contribution in [1.29, 1.82) is 0 Å². The SMILES string of the molecule is CC(=O)N[C@@H](Cc1c[nH]c2ccccc12)C(=O)N[C@H](C(=O)N(C)[C@@H](CC(C)(C)C)C(=O)N[C@H]1CSSC[C@@H](C(=O)N[C@@H](Cc2c[nH]c3ccccc23)C(=O)N2CCC[C@H]2C(N)=O)NC(=O)[C@H](CC(=O)O)NC(=O)[C@H](CCCCNC(=O)CN2CCN(CC(=O)O)CCN(CC(=O)O)CCN(CC(=O)O)CC2)NC(=O)[C@H](Cc2ccc3ccccc3c2)NC(=O)[C@H](CC(N)=O)NC(=O)[C@H](CC2CCNCC2)NC1=O)[C@@H](C)O. The highest BCUT2D eigenvalue weighted by Gasteiger charge is 2.44. The van der Waals surface area contributed by atoms with Crippen molar-refractivity contribution in [3.05, 3.63) is 120 Å². The molecule has 23 N–H and O–H groups in total. The summed E-state index contributed by atoms with van der Waals surface area (Å²) in [5, 5.41) is 87.0. The zero-order valence-corrected chi connectivity index (χ0v) is 84.3. The third-order valence-corrected chi connectivity index (χ3v) is 28.4. The molecule has 48 heteroatoms. The smallest absolute Gasteiger partial charge is 0.317 e. The van der Waals surface area contributed by atoms with E-state index in [1.807, 2.05) is 12.1 Å². The lowest BCUT2D eigenvalue weighted by atomic mass is 9.87. The molecule has 0 aliphatic carbocycles. The first kappa shape index (κ1) is 115. The first-order valence-electron chi connectivity index (χ1n) is 48.8. The number of aliphatic carboxylic acids is 4. The number of aromatic nitrogens is 2. The lowest BCUT2D eigenvalue weighted by molar-refractivity contribution is -0.146. The van der Waals surface area contributed by atoms with Crippen molar-refractivity contribution >= 4 is 167 Å². The maximum atomic E-state index is 15.9. The van der Waals surface area contributed by atoms with Crippen LogP contribution in [-0.4, -0.2) is 379 Å². The lowest BCUT2D eigenvalue weighted by Crippen LogP contribution is -2.62. The fraction of sp³-hybridized carbons (Fsp3) is 0.541. The number of H-pyrrole nitrogens is 2. The number of carbonyl (C=O) groups excluding carboxylic acids is 15. The minimum absolute atomic E-state index is 0.0214. The van der Waals surface area contributed by atoms with E-state index in [1.165, 1.54) is 25.8 Å². The number of aliphatic hydroxyl groups is 1. The van der Waals surface area contributed by atoms with E-state index in [0.29, 0.717) is 65.3 Å². The third-order valence-electron chi connectivity index (χ3n) is 26.0. The van der Waals surface area contributed by atoms with E-state index in [1.54, 1.807) is 132 Å². The van der Waals surface area contributed by atoms with Crippen LogP contribution in [-0.2, 0) is 110 Å². The number of hydrogen-bond acceptors (Lipinski definition) is 27. The number of carbonyl (C=O) groups is 19. The van der Waals surface area contributed by atoms with Crippen molar-refractivity contribution in [2.24, 2.45) is 22.8 Å². The number of para-hydroxylation sites is 2. The number of nitrogens with zero attached hydrogens (tertiary/aromatic N) is 6. The second-order valence-corrected chi connectivity index (χ2v) is 41.3. The Morgan fingerprint density at radius 3 is 1.60 bits per heavy atom. The summed E-state index contributed by atoms with van der Waals surface area (Å²) in [4.78, 5) is 288. The van der Waals surface area contributed by atoms with Gasteiger partial charge < -0.3 is 121 Å². The monoisotopic (exact) mass is 2070 g/mol. The Morgan fingerprint density at radius 1 is 0.541 bits per heavy atom. The third kappa shape index (κ3) is 35.5. The Bertz CT molecular complexity index is 5620. The van der Waals surface area contributed by atoms with Gasteiger partial charge in [0.25, 0.3) is 0 Å². The molecule has 0 saturated carbocycles. The number of carboxylic acids is 4. The van der Waals surface area contributed by atoms with Crippen molar-refractivity contribution in [2.75, 3.05) is 123 Å². The van der Waals surface area contributed by atoms with Crippen LogP contribution in [0.15, 0.2) is 103 Å². The van der Waals surface area contributed by atoms with Gasteiger partial charge in [-0.1, -0.05) is 121 Å². The highest BCUT2D eigenvalue weighted by molar-refractivity contribution is 8.76. The van der Waals surface area contributed by atoms with E-state index in [-0.39, 0.29) is 123 Å². The molecule has 794 valence electrons. The first-order valence-corrected chi connectivity index (χ1v) is 51.3. The summed E-state index contributed by atoms with van der Waals surface area (Å²) in [6.45, 7) is 7.69. The number of nitrogens with one attached hydrogen (secondary N) is 14. The number of primary amides is 2. The van der Waals surface area contributed by atoms with E-state index >= 15 is 47.9 Å². The lowest BCUT2D eigenvalue weighted by Gasteiger charge is -2.36. The fourth-order valence-corrected chi connectivity index (χ4v) is 20.6.